The second-order valence-electron chi connectivity index (χ2n) is 3.51. The minimum Gasteiger partial charge on any atom is -0.198 e. The van der Waals surface area contributed by atoms with Crippen molar-refractivity contribution >= 4 is 7.26 Å². The molecule has 0 aromatic rings. The molecular formula is C10H15N3P+. The summed E-state index contributed by atoms with van der Waals surface area (Å²) in [7, 11) is -1.19. The van der Waals surface area contributed by atoms with Gasteiger partial charge in [0.05, 0.1) is 56.0 Å². The number of hydrogen-bond acceptors (Lipinski definition) is 3. The minimum absolute atomic E-state index is 0.557. The first-order valence-corrected chi connectivity index (χ1v) is 7.42. The van der Waals surface area contributed by atoms with Gasteiger partial charge >= 0.3 is 0 Å². The van der Waals surface area contributed by atoms with Crippen LogP contribution in [-0.4, -0.2) is 25.2 Å². The summed E-state index contributed by atoms with van der Waals surface area (Å²) >= 11 is 0. The highest BCUT2D eigenvalue weighted by atomic mass is 31.2. The average molecular weight is 208 g/mol. The number of hydrogen-bond donors (Lipinski definition) is 0. The Bertz CT molecular complexity index is 234. The molecule has 0 aliphatic carbocycles. The Balaban J connectivity index is 4.13. The zero-order chi connectivity index (χ0) is 10.9. The van der Waals surface area contributed by atoms with Gasteiger partial charge in [-0.05, 0) is 0 Å². The first kappa shape index (κ1) is 12.9. The molecule has 14 heavy (non-hydrogen) atoms. The SMILES string of the molecule is C[P+](CCC#N)(CCC#N)CCC#N. The van der Waals surface area contributed by atoms with E-state index in [1.807, 2.05) is 0 Å². The van der Waals surface area contributed by atoms with Gasteiger partial charge in [-0.1, -0.05) is 0 Å². The Labute approximate surface area is 86.3 Å². The predicted molar refractivity (Wildman–Crippen MR) is 58.1 cm³/mol. The molecule has 0 spiro atoms. The van der Waals surface area contributed by atoms with Crippen molar-refractivity contribution in [2.75, 3.05) is 25.2 Å². The highest BCUT2D eigenvalue weighted by molar-refractivity contribution is 7.75. The van der Waals surface area contributed by atoms with E-state index < -0.39 is 7.26 Å². The van der Waals surface area contributed by atoms with Gasteiger partial charge in [0.1, 0.15) is 0 Å². The maximum atomic E-state index is 8.52. The molecule has 0 aliphatic rings. The zero-order valence-electron chi connectivity index (χ0n) is 8.53. The molecule has 0 radical (unpaired) electrons. The fourth-order valence-corrected chi connectivity index (χ4v) is 3.89. The van der Waals surface area contributed by atoms with Crippen LogP contribution in [0.15, 0.2) is 0 Å². The molecule has 0 unspecified atom stereocenters. The van der Waals surface area contributed by atoms with Crippen LogP contribution < -0.4 is 0 Å². The topological polar surface area (TPSA) is 71.4 Å². The molecule has 3 nitrogen and oxygen atoms in total. The molecule has 0 amide bonds. The molecule has 0 atom stereocenters. The third-order valence-corrected chi connectivity index (χ3v) is 6.20. The van der Waals surface area contributed by atoms with Crippen LogP contribution >= 0.6 is 7.26 Å². The van der Waals surface area contributed by atoms with E-state index in [0.29, 0.717) is 19.3 Å². The monoisotopic (exact) mass is 208 g/mol. The maximum absolute atomic E-state index is 8.52. The molecule has 0 rings (SSSR count). The van der Waals surface area contributed by atoms with Crippen molar-refractivity contribution < 1.29 is 0 Å². The van der Waals surface area contributed by atoms with Crippen LogP contribution in [0.25, 0.3) is 0 Å². The second kappa shape index (κ2) is 7.32. The molecular weight excluding hydrogens is 193 g/mol. The fraction of sp³-hybridized carbons (Fsp3) is 0.700. The summed E-state index contributed by atoms with van der Waals surface area (Å²) in [5, 5.41) is 25.6. The number of nitriles is 3. The van der Waals surface area contributed by atoms with Gasteiger partial charge in [-0.15, -0.1) is 0 Å². The third-order valence-electron chi connectivity index (χ3n) is 2.29. The highest BCUT2D eigenvalue weighted by Gasteiger charge is 2.29. The van der Waals surface area contributed by atoms with Crippen LogP contribution in [-0.2, 0) is 0 Å². The number of rotatable bonds is 6. The van der Waals surface area contributed by atoms with Crippen LogP contribution in [0.3, 0.4) is 0 Å². The van der Waals surface area contributed by atoms with E-state index in [9.17, 15) is 0 Å². The first-order chi connectivity index (χ1) is 6.68. The quantitative estimate of drug-likeness (QED) is 0.629. The molecule has 4 heteroatoms. The van der Waals surface area contributed by atoms with Crippen molar-refractivity contribution in [1.29, 1.82) is 15.8 Å². The van der Waals surface area contributed by atoms with Gasteiger partial charge in [-0.25, -0.2) is 0 Å². The summed E-state index contributed by atoms with van der Waals surface area (Å²) in [6.45, 7) is 2.17. The summed E-state index contributed by atoms with van der Waals surface area (Å²) in [6.07, 6.45) is 4.36. The average Bonchev–Trinajstić information content (AvgIpc) is 2.21. The molecule has 0 bridgehead atoms. The van der Waals surface area contributed by atoms with E-state index in [4.69, 9.17) is 15.8 Å². The van der Waals surface area contributed by atoms with Crippen molar-refractivity contribution in [3.05, 3.63) is 0 Å². The first-order valence-electron chi connectivity index (χ1n) is 4.63. The van der Waals surface area contributed by atoms with E-state index in [1.165, 1.54) is 0 Å². The fourth-order valence-electron chi connectivity index (χ4n) is 1.30. The Hall–Kier alpha value is -1.10. The summed E-state index contributed by atoms with van der Waals surface area (Å²) in [6, 6.07) is 6.41. The molecule has 0 aromatic carbocycles. The summed E-state index contributed by atoms with van der Waals surface area (Å²) < 4.78 is 0. The van der Waals surface area contributed by atoms with Gasteiger partial charge in [0, 0.05) is 13.9 Å². The zero-order valence-corrected chi connectivity index (χ0v) is 9.43. The van der Waals surface area contributed by atoms with Crippen LogP contribution in [0.4, 0.5) is 0 Å². The van der Waals surface area contributed by atoms with Crippen LogP contribution in [0.5, 0.6) is 0 Å². The van der Waals surface area contributed by atoms with Crippen molar-refractivity contribution in [2.45, 2.75) is 19.3 Å². The highest BCUT2D eigenvalue weighted by Crippen LogP contribution is 2.56. The summed E-state index contributed by atoms with van der Waals surface area (Å²) in [5.74, 6) is 0. The van der Waals surface area contributed by atoms with E-state index in [1.54, 1.807) is 0 Å². The van der Waals surface area contributed by atoms with Crippen LogP contribution in [0.2, 0.25) is 0 Å². The molecule has 74 valence electrons. The normalized spacial score (nSPS) is 9.86. The van der Waals surface area contributed by atoms with Gasteiger partial charge in [-0.2, -0.15) is 15.8 Å². The second-order valence-corrected chi connectivity index (χ2v) is 8.10. The Morgan fingerprint density at radius 3 is 1.29 bits per heavy atom. The minimum atomic E-state index is -1.19. The lowest BCUT2D eigenvalue weighted by Gasteiger charge is -2.19. The summed E-state index contributed by atoms with van der Waals surface area (Å²) in [4.78, 5) is 0. The van der Waals surface area contributed by atoms with Crippen molar-refractivity contribution in [3.8, 4) is 18.2 Å². The van der Waals surface area contributed by atoms with Crippen molar-refractivity contribution in [3.63, 3.8) is 0 Å². The summed E-state index contributed by atoms with van der Waals surface area (Å²) in [5.41, 5.74) is 0. The standard InChI is InChI=1S/C10H15N3P/c1-14(8-2-5-11,9-3-6-12)10-4-7-13/h2-4,8-10H2,1H3/q+1. The third kappa shape index (κ3) is 5.53. The van der Waals surface area contributed by atoms with E-state index in [-0.39, 0.29) is 0 Å². The van der Waals surface area contributed by atoms with Crippen LogP contribution in [0.1, 0.15) is 19.3 Å². The Kier molecular flexibility index (Phi) is 6.74. The van der Waals surface area contributed by atoms with Gasteiger partial charge < -0.3 is 0 Å². The smallest absolute Gasteiger partial charge is 0.0722 e. The van der Waals surface area contributed by atoms with Gasteiger partial charge in [0.15, 0.2) is 0 Å². The largest absolute Gasteiger partial charge is 0.198 e. The lowest BCUT2D eigenvalue weighted by atomic mass is 10.5. The van der Waals surface area contributed by atoms with Crippen LogP contribution in [0, 0.1) is 34.0 Å². The number of nitrogens with zero attached hydrogens (tertiary/aromatic N) is 3. The molecule has 0 N–H and O–H groups in total. The Morgan fingerprint density at radius 1 is 0.786 bits per heavy atom. The molecule has 0 aromatic heterocycles. The Morgan fingerprint density at radius 2 is 1.07 bits per heavy atom. The maximum Gasteiger partial charge on any atom is 0.0722 e. The van der Waals surface area contributed by atoms with E-state index >= 15 is 0 Å². The molecule has 0 saturated carbocycles. The molecule has 0 aliphatic heterocycles. The predicted octanol–water partition coefficient (Wildman–Crippen LogP) is 2.37. The molecule has 0 heterocycles. The van der Waals surface area contributed by atoms with Gasteiger partial charge in [0.25, 0.3) is 0 Å². The van der Waals surface area contributed by atoms with Gasteiger partial charge in [-0.3, -0.25) is 0 Å². The van der Waals surface area contributed by atoms with Crippen molar-refractivity contribution in [1.82, 2.24) is 0 Å². The lowest BCUT2D eigenvalue weighted by Crippen LogP contribution is -2.06. The van der Waals surface area contributed by atoms with Gasteiger partial charge in [0.2, 0.25) is 0 Å². The van der Waals surface area contributed by atoms with E-state index in [0.717, 1.165) is 18.5 Å². The lowest BCUT2D eigenvalue weighted by molar-refractivity contribution is 1.11. The molecule has 0 fully saturated rings. The van der Waals surface area contributed by atoms with E-state index in [2.05, 4.69) is 24.9 Å². The van der Waals surface area contributed by atoms with Crippen molar-refractivity contribution in [2.24, 2.45) is 0 Å². The molecule has 0 saturated heterocycles.